The number of pyridine rings is 3. The van der Waals surface area contributed by atoms with E-state index in [0.717, 1.165) is 11.3 Å². The molecule has 5 rings (SSSR count). The van der Waals surface area contributed by atoms with Gasteiger partial charge in [-0.1, -0.05) is 18.2 Å². The first-order valence-electron chi connectivity index (χ1n) is 11.9. The second-order valence-electron chi connectivity index (χ2n) is 9.07. The van der Waals surface area contributed by atoms with Crippen molar-refractivity contribution in [2.75, 3.05) is 0 Å². The summed E-state index contributed by atoms with van der Waals surface area (Å²) in [4.78, 5) is 38.1. The SMILES string of the molecule is Cc1cc2nccc(Oc3ccc(CC(=O)c4c(C)[nH]cc(-c5ccc(F)cc5)c4=O)cc3F)c2nc1C. The zero-order valence-corrected chi connectivity index (χ0v) is 20.9. The van der Waals surface area contributed by atoms with E-state index in [-0.39, 0.29) is 23.3 Å². The van der Waals surface area contributed by atoms with Gasteiger partial charge in [0, 0.05) is 41.8 Å². The maximum absolute atomic E-state index is 15.0. The molecule has 0 saturated carbocycles. The second-order valence-corrected chi connectivity index (χ2v) is 9.07. The highest BCUT2D eigenvalue weighted by Gasteiger charge is 2.19. The number of carbonyl (C=O) groups excluding carboxylic acids is 1. The minimum absolute atomic E-state index is 0.0208. The summed E-state index contributed by atoms with van der Waals surface area (Å²) in [7, 11) is 0. The molecule has 3 heterocycles. The topological polar surface area (TPSA) is 84.9 Å². The predicted octanol–water partition coefficient (Wildman–Crippen LogP) is 6.41. The Labute approximate surface area is 217 Å². The van der Waals surface area contributed by atoms with Crippen molar-refractivity contribution in [3.63, 3.8) is 0 Å². The van der Waals surface area contributed by atoms with Crippen molar-refractivity contribution in [3.05, 3.63) is 117 Å². The van der Waals surface area contributed by atoms with Gasteiger partial charge < -0.3 is 9.72 Å². The molecule has 0 spiro atoms. The van der Waals surface area contributed by atoms with Gasteiger partial charge in [-0.15, -0.1) is 0 Å². The molecule has 0 atom stereocenters. The number of halogens is 2. The number of benzene rings is 2. The Kier molecular flexibility index (Phi) is 6.55. The number of aromatic amines is 1. The standard InChI is InChI=1S/C30H23F2N3O3/c1-16-12-24-29(35-17(16)2)27(10-11-33-24)38-26-9-4-19(13-23(26)32)14-25(36)28-18(3)34-15-22(30(28)37)20-5-7-21(31)8-6-20/h4-13,15H,14H2,1-3H3,(H,34,37). The summed E-state index contributed by atoms with van der Waals surface area (Å²) in [5, 5.41) is 0. The van der Waals surface area contributed by atoms with Crippen LogP contribution in [0.2, 0.25) is 0 Å². The minimum atomic E-state index is -0.658. The molecule has 38 heavy (non-hydrogen) atoms. The Balaban J connectivity index is 1.40. The van der Waals surface area contributed by atoms with Crippen LogP contribution in [-0.4, -0.2) is 20.7 Å². The number of ether oxygens (including phenoxy) is 1. The van der Waals surface area contributed by atoms with Crippen molar-refractivity contribution in [3.8, 4) is 22.6 Å². The summed E-state index contributed by atoms with van der Waals surface area (Å²) in [6.45, 7) is 5.43. The van der Waals surface area contributed by atoms with Crippen LogP contribution in [0.3, 0.4) is 0 Å². The van der Waals surface area contributed by atoms with Gasteiger partial charge in [0.05, 0.1) is 11.1 Å². The summed E-state index contributed by atoms with van der Waals surface area (Å²) in [5.41, 5.74) is 3.98. The Morgan fingerprint density at radius 1 is 0.974 bits per heavy atom. The van der Waals surface area contributed by atoms with Crippen molar-refractivity contribution in [2.24, 2.45) is 0 Å². The summed E-state index contributed by atoms with van der Waals surface area (Å²) >= 11 is 0. The van der Waals surface area contributed by atoms with Crippen molar-refractivity contribution in [1.29, 1.82) is 0 Å². The first kappa shape index (κ1) is 25.0. The molecule has 2 aromatic carbocycles. The molecule has 0 aliphatic heterocycles. The van der Waals surface area contributed by atoms with E-state index < -0.39 is 22.8 Å². The summed E-state index contributed by atoms with van der Waals surface area (Å²) in [6.07, 6.45) is 2.87. The van der Waals surface area contributed by atoms with E-state index in [1.165, 1.54) is 42.6 Å². The fraction of sp³-hybridized carbons (Fsp3) is 0.133. The van der Waals surface area contributed by atoms with E-state index in [9.17, 15) is 14.0 Å². The number of fused-ring (bicyclic) bond motifs is 1. The molecule has 0 bridgehead atoms. The van der Waals surface area contributed by atoms with Crippen LogP contribution in [-0.2, 0) is 6.42 Å². The molecule has 1 N–H and O–H groups in total. The fourth-order valence-corrected chi connectivity index (χ4v) is 4.25. The summed E-state index contributed by atoms with van der Waals surface area (Å²) in [5.74, 6) is -1.21. The highest BCUT2D eigenvalue weighted by molar-refractivity contribution is 5.99. The lowest BCUT2D eigenvalue weighted by Gasteiger charge is -2.11. The molecule has 3 aromatic heterocycles. The molecule has 0 fully saturated rings. The maximum atomic E-state index is 15.0. The molecule has 0 radical (unpaired) electrons. The normalized spacial score (nSPS) is 11.1. The van der Waals surface area contributed by atoms with Crippen LogP contribution < -0.4 is 10.2 Å². The van der Waals surface area contributed by atoms with Crippen molar-refractivity contribution in [2.45, 2.75) is 27.2 Å². The van der Waals surface area contributed by atoms with E-state index >= 15 is 4.39 Å². The molecule has 6 nitrogen and oxygen atoms in total. The highest BCUT2D eigenvalue weighted by Crippen LogP contribution is 2.30. The van der Waals surface area contributed by atoms with Crippen LogP contribution in [0.15, 0.2) is 71.8 Å². The lowest BCUT2D eigenvalue weighted by atomic mass is 9.97. The molecule has 0 unspecified atom stereocenters. The maximum Gasteiger partial charge on any atom is 0.200 e. The molecule has 0 aliphatic carbocycles. The van der Waals surface area contributed by atoms with Crippen LogP contribution in [0.1, 0.15) is 32.9 Å². The van der Waals surface area contributed by atoms with E-state index in [0.29, 0.717) is 33.6 Å². The highest BCUT2D eigenvalue weighted by atomic mass is 19.1. The minimum Gasteiger partial charge on any atom is -0.452 e. The van der Waals surface area contributed by atoms with Crippen molar-refractivity contribution < 1.29 is 18.3 Å². The zero-order valence-electron chi connectivity index (χ0n) is 20.9. The van der Waals surface area contributed by atoms with Gasteiger partial charge >= 0.3 is 0 Å². The van der Waals surface area contributed by atoms with Crippen molar-refractivity contribution in [1.82, 2.24) is 15.0 Å². The van der Waals surface area contributed by atoms with Gasteiger partial charge in [0.1, 0.15) is 11.3 Å². The lowest BCUT2D eigenvalue weighted by Crippen LogP contribution is -2.21. The fourth-order valence-electron chi connectivity index (χ4n) is 4.25. The smallest absolute Gasteiger partial charge is 0.200 e. The van der Waals surface area contributed by atoms with Crippen LogP contribution in [0, 0.1) is 32.4 Å². The Morgan fingerprint density at radius 2 is 1.74 bits per heavy atom. The number of nitrogens with zero attached hydrogens (tertiary/aromatic N) is 2. The van der Waals surface area contributed by atoms with Gasteiger partial charge in [0.25, 0.3) is 0 Å². The largest absolute Gasteiger partial charge is 0.452 e. The third-order valence-corrected chi connectivity index (χ3v) is 6.41. The molecule has 5 aromatic rings. The summed E-state index contributed by atoms with van der Waals surface area (Å²) < 4.78 is 34.2. The van der Waals surface area contributed by atoms with Gasteiger partial charge in [0.2, 0.25) is 0 Å². The zero-order chi connectivity index (χ0) is 27.0. The summed E-state index contributed by atoms with van der Waals surface area (Å²) in [6, 6.07) is 13.2. The van der Waals surface area contributed by atoms with Gasteiger partial charge in [-0.3, -0.25) is 14.6 Å². The van der Waals surface area contributed by atoms with Gasteiger partial charge in [-0.05, 0) is 67.8 Å². The first-order valence-corrected chi connectivity index (χ1v) is 11.9. The van der Waals surface area contributed by atoms with Gasteiger partial charge in [-0.25, -0.2) is 13.8 Å². The number of aryl methyl sites for hydroxylation is 3. The number of nitrogens with one attached hydrogen (secondary N) is 1. The Bertz CT molecular complexity index is 1760. The number of carbonyl (C=O) groups is 1. The third kappa shape index (κ3) is 4.80. The second kappa shape index (κ2) is 9.97. The number of H-pyrrole nitrogens is 1. The van der Waals surface area contributed by atoms with Crippen LogP contribution in [0.5, 0.6) is 11.5 Å². The van der Waals surface area contributed by atoms with Crippen molar-refractivity contribution >= 4 is 16.8 Å². The van der Waals surface area contributed by atoms with Gasteiger partial charge in [0.15, 0.2) is 28.5 Å². The van der Waals surface area contributed by atoms with Gasteiger partial charge in [-0.2, -0.15) is 0 Å². The van der Waals surface area contributed by atoms with Crippen LogP contribution >= 0.6 is 0 Å². The molecular weight excluding hydrogens is 488 g/mol. The average Bonchev–Trinajstić information content (AvgIpc) is 2.87. The van der Waals surface area contributed by atoms with Crippen LogP contribution in [0.4, 0.5) is 8.78 Å². The van der Waals surface area contributed by atoms with E-state index in [4.69, 9.17) is 4.74 Å². The molecule has 0 amide bonds. The number of hydrogen-bond donors (Lipinski definition) is 1. The van der Waals surface area contributed by atoms with E-state index in [1.54, 1.807) is 25.3 Å². The lowest BCUT2D eigenvalue weighted by molar-refractivity contribution is 0.0991. The average molecular weight is 512 g/mol. The number of Topliss-reactive ketones (excluding diaryl/α,β-unsaturated/α-hetero) is 1. The first-order chi connectivity index (χ1) is 18.2. The number of aromatic nitrogens is 3. The van der Waals surface area contributed by atoms with E-state index in [1.807, 2.05) is 19.9 Å². The Hall–Kier alpha value is -4.72. The predicted molar refractivity (Wildman–Crippen MR) is 141 cm³/mol. The monoisotopic (exact) mass is 511 g/mol. The molecule has 0 aliphatic rings. The van der Waals surface area contributed by atoms with E-state index in [2.05, 4.69) is 15.0 Å². The van der Waals surface area contributed by atoms with Crippen LogP contribution in [0.25, 0.3) is 22.2 Å². The quantitative estimate of drug-likeness (QED) is 0.267. The Morgan fingerprint density at radius 3 is 2.47 bits per heavy atom. The number of hydrogen-bond acceptors (Lipinski definition) is 5. The number of ketones is 1. The molecule has 190 valence electrons. The number of rotatable bonds is 6. The molecule has 8 heteroatoms. The third-order valence-electron chi connectivity index (χ3n) is 6.41. The molecule has 0 saturated heterocycles. The molecular formula is C30H23F2N3O3.